The Balaban J connectivity index is 1.91. The Morgan fingerprint density at radius 3 is 2.31 bits per heavy atom. The number of hydrogen-bond donors (Lipinski definition) is 0. The zero-order valence-electron chi connectivity index (χ0n) is 8.46. The predicted molar refractivity (Wildman–Crippen MR) is 49.2 cm³/mol. The molecule has 13 heavy (non-hydrogen) atoms. The summed E-state index contributed by atoms with van der Waals surface area (Å²) in [5.74, 6) is 1.70. The van der Waals surface area contributed by atoms with E-state index in [2.05, 4.69) is 6.92 Å². The molecule has 2 nitrogen and oxygen atoms in total. The summed E-state index contributed by atoms with van der Waals surface area (Å²) in [6, 6.07) is 0. The largest absolute Gasteiger partial charge is 0.352 e. The molecule has 0 aromatic heterocycles. The molecule has 0 N–H and O–H groups in total. The van der Waals surface area contributed by atoms with E-state index in [1.807, 2.05) is 0 Å². The van der Waals surface area contributed by atoms with Crippen LogP contribution in [0.3, 0.4) is 0 Å². The topological polar surface area (TPSA) is 18.5 Å². The van der Waals surface area contributed by atoms with Crippen molar-refractivity contribution in [3.63, 3.8) is 0 Å². The van der Waals surface area contributed by atoms with Crippen molar-refractivity contribution in [3.8, 4) is 0 Å². The minimum Gasteiger partial charge on any atom is -0.352 e. The van der Waals surface area contributed by atoms with E-state index in [-0.39, 0.29) is 6.29 Å². The van der Waals surface area contributed by atoms with E-state index >= 15 is 0 Å². The second-order valence-corrected chi connectivity index (χ2v) is 4.69. The molecule has 0 bridgehead atoms. The summed E-state index contributed by atoms with van der Waals surface area (Å²) in [6.07, 6.45) is 2.76. The van der Waals surface area contributed by atoms with E-state index < -0.39 is 0 Å². The number of rotatable bonds is 3. The summed E-state index contributed by atoms with van der Waals surface area (Å²) in [6.45, 7) is 2.26. The second-order valence-electron chi connectivity index (χ2n) is 4.69. The Morgan fingerprint density at radius 1 is 1.23 bits per heavy atom. The predicted octanol–water partition coefficient (Wildman–Crippen LogP) is 1.96. The first kappa shape index (κ1) is 8.01. The molecule has 2 heteroatoms. The lowest BCUT2D eigenvalue weighted by atomic mass is 10.0. The summed E-state index contributed by atoms with van der Waals surface area (Å²) in [7, 11) is 3.46. The van der Waals surface area contributed by atoms with Crippen molar-refractivity contribution in [3.05, 3.63) is 11.1 Å². The zero-order valence-corrected chi connectivity index (χ0v) is 8.46. The molecular weight excluding hydrogens is 164 g/mol. The highest BCUT2D eigenvalue weighted by atomic mass is 16.7. The summed E-state index contributed by atoms with van der Waals surface area (Å²) >= 11 is 0. The molecule has 0 saturated heterocycles. The molecule has 2 fully saturated rings. The van der Waals surface area contributed by atoms with Crippen molar-refractivity contribution in [1.29, 1.82) is 0 Å². The molecule has 3 aliphatic rings. The monoisotopic (exact) mass is 180 g/mol. The van der Waals surface area contributed by atoms with E-state index in [1.165, 1.54) is 18.4 Å². The van der Waals surface area contributed by atoms with Crippen LogP contribution in [0.1, 0.15) is 19.8 Å². The number of hydrogen-bond acceptors (Lipinski definition) is 2. The van der Waals surface area contributed by atoms with Gasteiger partial charge in [0, 0.05) is 14.2 Å². The third-order valence-corrected chi connectivity index (χ3v) is 4.27. The Labute approximate surface area is 78.9 Å². The molecule has 3 rings (SSSR count). The van der Waals surface area contributed by atoms with Gasteiger partial charge in [0.15, 0.2) is 6.29 Å². The van der Waals surface area contributed by atoms with Crippen LogP contribution in [0.5, 0.6) is 0 Å². The fraction of sp³-hybridized carbons (Fsp3) is 0.818. The molecule has 0 heterocycles. The fourth-order valence-electron chi connectivity index (χ4n) is 3.43. The van der Waals surface area contributed by atoms with Crippen molar-refractivity contribution in [1.82, 2.24) is 0 Å². The normalized spacial score (nSPS) is 45.2. The maximum absolute atomic E-state index is 5.34. The van der Waals surface area contributed by atoms with Crippen LogP contribution >= 0.6 is 0 Å². The molecule has 3 aliphatic carbocycles. The summed E-state index contributed by atoms with van der Waals surface area (Å²) < 4.78 is 10.7. The van der Waals surface area contributed by atoms with Crippen molar-refractivity contribution >= 4 is 0 Å². The van der Waals surface area contributed by atoms with Crippen molar-refractivity contribution in [2.24, 2.45) is 17.3 Å². The van der Waals surface area contributed by atoms with Gasteiger partial charge in [0.2, 0.25) is 0 Å². The molecule has 72 valence electrons. The summed E-state index contributed by atoms with van der Waals surface area (Å²) in [4.78, 5) is 0. The molecule has 0 aromatic rings. The quantitative estimate of drug-likeness (QED) is 0.488. The van der Waals surface area contributed by atoms with Crippen LogP contribution in [0.25, 0.3) is 0 Å². The first-order valence-electron chi connectivity index (χ1n) is 5.00. The first-order chi connectivity index (χ1) is 6.24. The Bertz CT molecular complexity index is 290. The number of ether oxygens (including phenoxy) is 2. The minimum absolute atomic E-state index is 0.0721. The van der Waals surface area contributed by atoms with E-state index in [1.54, 1.807) is 19.8 Å². The first-order valence-corrected chi connectivity index (χ1v) is 5.00. The van der Waals surface area contributed by atoms with Gasteiger partial charge in [-0.25, -0.2) is 0 Å². The summed E-state index contributed by atoms with van der Waals surface area (Å²) in [5.41, 5.74) is 3.74. The van der Waals surface area contributed by atoms with Gasteiger partial charge in [0.05, 0.1) is 0 Å². The molecule has 0 aromatic carbocycles. The smallest absolute Gasteiger partial charge is 0.179 e. The summed E-state index contributed by atoms with van der Waals surface area (Å²) in [5, 5.41) is 0. The third kappa shape index (κ3) is 0.767. The van der Waals surface area contributed by atoms with Gasteiger partial charge in [-0.05, 0) is 42.6 Å². The lowest BCUT2D eigenvalue weighted by Gasteiger charge is -2.18. The maximum Gasteiger partial charge on any atom is 0.179 e. The van der Waals surface area contributed by atoms with Gasteiger partial charge in [0.1, 0.15) is 0 Å². The van der Waals surface area contributed by atoms with E-state index in [9.17, 15) is 0 Å². The Hall–Kier alpha value is -0.340. The van der Waals surface area contributed by atoms with Crippen LogP contribution in [0.2, 0.25) is 0 Å². The van der Waals surface area contributed by atoms with Gasteiger partial charge in [-0.2, -0.15) is 0 Å². The van der Waals surface area contributed by atoms with Crippen molar-refractivity contribution < 1.29 is 9.47 Å². The van der Waals surface area contributed by atoms with Gasteiger partial charge in [0.25, 0.3) is 0 Å². The Kier molecular flexibility index (Phi) is 1.34. The highest BCUT2D eigenvalue weighted by Gasteiger charge is 2.76. The highest BCUT2D eigenvalue weighted by molar-refractivity contribution is 5.47. The molecule has 0 aliphatic heterocycles. The third-order valence-electron chi connectivity index (χ3n) is 4.27. The minimum atomic E-state index is -0.0721. The van der Waals surface area contributed by atoms with Crippen LogP contribution in [0.15, 0.2) is 11.1 Å². The van der Waals surface area contributed by atoms with Gasteiger partial charge in [-0.1, -0.05) is 5.57 Å². The fourth-order valence-corrected chi connectivity index (χ4v) is 3.43. The van der Waals surface area contributed by atoms with Gasteiger partial charge in [-0.3, -0.25) is 0 Å². The second kappa shape index (κ2) is 2.18. The van der Waals surface area contributed by atoms with Gasteiger partial charge >= 0.3 is 0 Å². The average Bonchev–Trinajstić information content (AvgIpc) is 2.99. The lowest BCUT2D eigenvalue weighted by Crippen LogP contribution is -2.18. The maximum atomic E-state index is 5.34. The van der Waals surface area contributed by atoms with Crippen molar-refractivity contribution in [2.75, 3.05) is 14.2 Å². The molecule has 3 atom stereocenters. The highest BCUT2D eigenvalue weighted by Crippen LogP contribution is 2.83. The molecule has 3 unspecified atom stereocenters. The van der Waals surface area contributed by atoms with Crippen LogP contribution in [-0.2, 0) is 9.47 Å². The van der Waals surface area contributed by atoms with Crippen molar-refractivity contribution in [2.45, 2.75) is 26.1 Å². The van der Waals surface area contributed by atoms with Gasteiger partial charge in [-0.15, -0.1) is 0 Å². The lowest BCUT2D eigenvalue weighted by molar-refractivity contribution is -0.0783. The van der Waals surface area contributed by atoms with Crippen LogP contribution in [0, 0.1) is 17.3 Å². The van der Waals surface area contributed by atoms with Crippen LogP contribution < -0.4 is 0 Å². The van der Waals surface area contributed by atoms with Crippen LogP contribution in [-0.4, -0.2) is 20.5 Å². The van der Waals surface area contributed by atoms with Gasteiger partial charge < -0.3 is 9.47 Å². The zero-order chi connectivity index (χ0) is 9.22. The van der Waals surface area contributed by atoms with E-state index in [0.717, 1.165) is 11.8 Å². The molecule has 2 saturated carbocycles. The molecule has 0 amide bonds. The molecule has 0 radical (unpaired) electrons. The number of methoxy groups -OCH3 is 2. The van der Waals surface area contributed by atoms with Crippen LogP contribution in [0.4, 0.5) is 0 Å². The SMILES string of the molecule is COC(OC)C1=C(C)C2CC23CC13. The van der Waals surface area contributed by atoms with E-state index in [4.69, 9.17) is 9.47 Å². The standard InChI is InChI=1S/C11H16O2/c1-6-7-4-11(7)5-8(11)9(6)10(12-2)13-3/h7-8,10H,4-5H2,1-3H3. The van der Waals surface area contributed by atoms with E-state index in [0.29, 0.717) is 5.41 Å². The average molecular weight is 180 g/mol. The number of allylic oxidation sites excluding steroid dienone is 1. The molecular formula is C11H16O2. The Morgan fingerprint density at radius 2 is 1.85 bits per heavy atom. The molecule has 1 spiro atoms.